The van der Waals surface area contributed by atoms with E-state index in [9.17, 15) is 0 Å². The predicted octanol–water partition coefficient (Wildman–Crippen LogP) is 2.77. The Morgan fingerprint density at radius 2 is 2.38 bits per heavy atom. The first-order valence-electron chi connectivity index (χ1n) is 5.65. The summed E-state index contributed by atoms with van der Waals surface area (Å²) in [6, 6.07) is 2.11. The molecule has 1 atom stereocenters. The molecule has 1 aromatic heterocycles. The Balaban J connectivity index is 2.21. The molecule has 0 spiro atoms. The molecule has 0 radical (unpaired) electrons. The molecule has 1 fully saturated rings. The van der Waals surface area contributed by atoms with Crippen molar-refractivity contribution in [1.82, 2.24) is 4.98 Å². The second-order valence-electron chi connectivity index (χ2n) is 4.30. The number of nitrogens with zero attached hydrogens (tertiary/aromatic N) is 2. The first kappa shape index (κ1) is 11.9. The van der Waals surface area contributed by atoms with E-state index in [1.54, 1.807) is 0 Å². The van der Waals surface area contributed by atoms with Gasteiger partial charge in [0.1, 0.15) is 5.82 Å². The van der Waals surface area contributed by atoms with Gasteiger partial charge >= 0.3 is 0 Å². The number of halogens is 1. The van der Waals surface area contributed by atoms with Gasteiger partial charge in [-0.05, 0) is 47.8 Å². The van der Waals surface area contributed by atoms with Crippen LogP contribution in [-0.4, -0.2) is 30.8 Å². The van der Waals surface area contributed by atoms with Crippen LogP contribution in [0.4, 0.5) is 5.82 Å². The molecule has 1 aliphatic rings. The highest BCUT2D eigenvalue weighted by atomic mass is 79.9. The monoisotopic (exact) mass is 284 g/mol. The maximum absolute atomic E-state index is 5.63. The average Bonchev–Trinajstić information content (AvgIpc) is 2.43. The summed E-state index contributed by atoms with van der Waals surface area (Å²) in [7, 11) is 0. The van der Waals surface area contributed by atoms with Crippen molar-refractivity contribution in [2.45, 2.75) is 26.4 Å². The van der Waals surface area contributed by atoms with E-state index < -0.39 is 0 Å². The molecule has 0 aromatic carbocycles. The second-order valence-corrected chi connectivity index (χ2v) is 5.15. The van der Waals surface area contributed by atoms with E-state index in [4.69, 9.17) is 4.74 Å². The molecule has 1 unspecified atom stereocenters. The molecule has 16 heavy (non-hydrogen) atoms. The van der Waals surface area contributed by atoms with Gasteiger partial charge in [0.25, 0.3) is 0 Å². The average molecular weight is 285 g/mol. The Morgan fingerprint density at radius 3 is 3.12 bits per heavy atom. The SMILES string of the molecule is Cc1cnc(N2CCCOC(C)C2)c(Br)c1. The zero-order valence-corrected chi connectivity index (χ0v) is 11.3. The summed E-state index contributed by atoms with van der Waals surface area (Å²) in [5, 5.41) is 0. The van der Waals surface area contributed by atoms with Crippen molar-refractivity contribution >= 4 is 21.7 Å². The molecular weight excluding hydrogens is 268 g/mol. The number of anilines is 1. The molecular formula is C12H17BrN2O. The van der Waals surface area contributed by atoms with E-state index in [0.717, 1.165) is 36.4 Å². The van der Waals surface area contributed by atoms with Crippen LogP contribution in [0.15, 0.2) is 16.7 Å². The Hall–Kier alpha value is -0.610. The van der Waals surface area contributed by atoms with Gasteiger partial charge in [-0.15, -0.1) is 0 Å². The van der Waals surface area contributed by atoms with E-state index in [1.807, 2.05) is 6.20 Å². The van der Waals surface area contributed by atoms with Crippen molar-refractivity contribution in [3.63, 3.8) is 0 Å². The fourth-order valence-electron chi connectivity index (χ4n) is 1.95. The summed E-state index contributed by atoms with van der Waals surface area (Å²) >= 11 is 3.58. The van der Waals surface area contributed by atoms with Crippen LogP contribution < -0.4 is 4.90 Å². The first-order chi connectivity index (χ1) is 7.66. The number of ether oxygens (including phenoxy) is 1. The minimum atomic E-state index is 0.275. The second kappa shape index (κ2) is 5.15. The maximum atomic E-state index is 5.63. The van der Waals surface area contributed by atoms with E-state index in [0.29, 0.717) is 0 Å². The summed E-state index contributed by atoms with van der Waals surface area (Å²) < 4.78 is 6.70. The molecule has 4 heteroatoms. The largest absolute Gasteiger partial charge is 0.377 e. The first-order valence-corrected chi connectivity index (χ1v) is 6.45. The lowest BCUT2D eigenvalue weighted by Gasteiger charge is -2.24. The molecule has 0 amide bonds. The Bertz CT molecular complexity index is 370. The van der Waals surface area contributed by atoms with Crippen LogP contribution in [0.2, 0.25) is 0 Å². The number of pyridine rings is 1. The van der Waals surface area contributed by atoms with Crippen LogP contribution in [0.3, 0.4) is 0 Å². The molecule has 1 saturated heterocycles. The van der Waals surface area contributed by atoms with Crippen molar-refractivity contribution in [1.29, 1.82) is 0 Å². The maximum Gasteiger partial charge on any atom is 0.142 e. The van der Waals surface area contributed by atoms with E-state index in [-0.39, 0.29) is 6.10 Å². The zero-order chi connectivity index (χ0) is 11.5. The molecule has 1 aliphatic heterocycles. The highest BCUT2D eigenvalue weighted by Crippen LogP contribution is 2.25. The van der Waals surface area contributed by atoms with Gasteiger partial charge in [-0.2, -0.15) is 0 Å². The fraction of sp³-hybridized carbons (Fsp3) is 0.583. The molecule has 1 aromatic rings. The topological polar surface area (TPSA) is 25.4 Å². The smallest absolute Gasteiger partial charge is 0.142 e. The molecule has 0 N–H and O–H groups in total. The third-order valence-electron chi connectivity index (χ3n) is 2.71. The predicted molar refractivity (Wildman–Crippen MR) is 68.9 cm³/mol. The van der Waals surface area contributed by atoms with Gasteiger partial charge < -0.3 is 9.64 Å². The summed E-state index contributed by atoms with van der Waals surface area (Å²) in [6.07, 6.45) is 3.25. The van der Waals surface area contributed by atoms with E-state index in [1.165, 1.54) is 5.56 Å². The van der Waals surface area contributed by atoms with Gasteiger partial charge in [-0.3, -0.25) is 0 Å². The normalized spacial score (nSPS) is 21.9. The Labute approximate surface area is 105 Å². The van der Waals surface area contributed by atoms with Gasteiger partial charge in [0.15, 0.2) is 0 Å². The number of aromatic nitrogens is 1. The molecule has 2 heterocycles. The molecule has 0 aliphatic carbocycles. The van der Waals surface area contributed by atoms with Gasteiger partial charge in [-0.25, -0.2) is 4.98 Å². The summed E-state index contributed by atoms with van der Waals surface area (Å²) in [5.74, 6) is 1.03. The number of hydrogen-bond donors (Lipinski definition) is 0. The Morgan fingerprint density at radius 1 is 1.56 bits per heavy atom. The highest BCUT2D eigenvalue weighted by Gasteiger charge is 2.18. The molecule has 3 nitrogen and oxygen atoms in total. The lowest BCUT2D eigenvalue weighted by molar-refractivity contribution is 0.0820. The van der Waals surface area contributed by atoms with E-state index >= 15 is 0 Å². The van der Waals surface area contributed by atoms with Crippen molar-refractivity contribution in [2.24, 2.45) is 0 Å². The molecule has 0 bridgehead atoms. The highest BCUT2D eigenvalue weighted by molar-refractivity contribution is 9.10. The van der Waals surface area contributed by atoms with Crippen LogP contribution >= 0.6 is 15.9 Å². The van der Waals surface area contributed by atoms with Crippen LogP contribution in [0, 0.1) is 6.92 Å². The van der Waals surface area contributed by atoms with Crippen LogP contribution in [0.5, 0.6) is 0 Å². The lowest BCUT2D eigenvalue weighted by atomic mass is 10.3. The van der Waals surface area contributed by atoms with Crippen LogP contribution in [0.25, 0.3) is 0 Å². The van der Waals surface area contributed by atoms with Gasteiger partial charge in [-0.1, -0.05) is 0 Å². The molecule has 0 saturated carbocycles. The summed E-state index contributed by atoms with van der Waals surface area (Å²) in [4.78, 5) is 6.79. The van der Waals surface area contributed by atoms with Crippen LogP contribution in [0.1, 0.15) is 18.9 Å². The van der Waals surface area contributed by atoms with Crippen LogP contribution in [-0.2, 0) is 4.74 Å². The minimum absolute atomic E-state index is 0.275. The standard InChI is InChI=1S/C12H17BrN2O/c1-9-6-11(13)12(14-7-9)15-4-3-5-16-10(2)8-15/h6-7,10H,3-5,8H2,1-2H3. The van der Waals surface area contributed by atoms with Gasteiger partial charge in [0.2, 0.25) is 0 Å². The third-order valence-corrected chi connectivity index (χ3v) is 3.29. The van der Waals surface area contributed by atoms with Gasteiger partial charge in [0, 0.05) is 25.9 Å². The van der Waals surface area contributed by atoms with Crippen molar-refractivity contribution in [3.05, 3.63) is 22.3 Å². The van der Waals surface area contributed by atoms with E-state index in [2.05, 4.69) is 45.7 Å². The minimum Gasteiger partial charge on any atom is -0.377 e. The lowest BCUT2D eigenvalue weighted by Crippen LogP contribution is -2.31. The van der Waals surface area contributed by atoms with Crippen molar-refractivity contribution in [3.8, 4) is 0 Å². The number of aryl methyl sites for hydroxylation is 1. The third kappa shape index (κ3) is 2.74. The molecule has 88 valence electrons. The number of rotatable bonds is 1. The Kier molecular flexibility index (Phi) is 3.82. The van der Waals surface area contributed by atoms with Crippen molar-refractivity contribution < 1.29 is 4.74 Å². The zero-order valence-electron chi connectivity index (χ0n) is 9.74. The quantitative estimate of drug-likeness (QED) is 0.793. The summed E-state index contributed by atoms with van der Waals surface area (Å²) in [6.45, 7) is 6.94. The van der Waals surface area contributed by atoms with Crippen molar-refractivity contribution in [2.75, 3.05) is 24.6 Å². The van der Waals surface area contributed by atoms with Gasteiger partial charge in [0.05, 0.1) is 10.6 Å². The summed E-state index contributed by atoms with van der Waals surface area (Å²) in [5.41, 5.74) is 1.18. The molecule has 2 rings (SSSR count). The number of hydrogen-bond acceptors (Lipinski definition) is 3. The fourth-order valence-corrected chi connectivity index (χ4v) is 2.66.